The summed E-state index contributed by atoms with van der Waals surface area (Å²) in [6, 6.07) is 4.89. The largest absolute Gasteiger partial charge is 0.465 e. The molecule has 1 fully saturated rings. The van der Waals surface area contributed by atoms with Crippen LogP contribution in [-0.2, 0) is 4.74 Å². The second-order valence-electron chi connectivity index (χ2n) is 4.75. The van der Waals surface area contributed by atoms with Crippen LogP contribution >= 0.6 is 0 Å². The molecule has 1 saturated heterocycles. The molecule has 0 amide bonds. The molecule has 0 spiro atoms. The topological polar surface area (TPSA) is 84.7 Å². The van der Waals surface area contributed by atoms with Gasteiger partial charge in [-0.3, -0.25) is 10.1 Å². The lowest BCUT2D eigenvalue weighted by atomic mass is 10.1. The molecule has 0 aliphatic carbocycles. The van der Waals surface area contributed by atoms with E-state index in [-0.39, 0.29) is 11.3 Å². The first-order valence-corrected chi connectivity index (χ1v) is 6.38. The number of hydrogen-bond donors (Lipinski definition) is 1. The highest BCUT2D eigenvalue weighted by atomic mass is 16.6. The van der Waals surface area contributed by atoms with Crippen molar-refractivity contribution in [3.63, 3.8) is 0 Å². The number of anilines is 1. The molecule has 2 rings (SSSR count). The number of ether oxygens (including phenoxy) is 1. The molecular weight excluding hydrogens is 262 g/mol. The monoisotopic (exact) mass is 279 g/mol. The number of nitrogens with zero attached hydrogens (tertiary/aromatic N) is 2. The van der Waals surface area contributed by atoms with E-state index in [1.165, 1.54) is 19.2 Å². The van der Waals surface area contributed by atoms with Crippen molar-refractivity contribution in [1.29, 1.82) is 0 Å². The first-order chi connectivity index (χ1) is 9.52. The van der Waals surface area contributed by atoms with Gasteiger partial charge >= 0.3 is 5.97 Å². The number of rotatable bonds is 3. The zero-order valence-electron chi connectivity index (χ0n) is 11.5. The number of carbonyl (C=O) groups is 1. The lowest BCUT2D eigenvalue weighted by Gasteiger charge is -2.33. The molecule has 0 bridgehead atoms. The molecule has 1 heterocycles. The van der Waals surface area contributed by atoms with Gasteiger partial charge in [0.15, 0.2) is 0 Å². The van der Waals surface area contributed by atoms with Crippen molar-refractivity contribution in [3.05, 3.63) is 33.9 Å². The fraction of sp³-hybridized carbons (Fsp3) is 0.462. The Kier molecular flexibility index (Phi) is 4.19. The summed E-state index contributed by atoms with van der Waals surface area (Å²) in [5.74, 6) is -0.693. The summed E-state index contributed by atoms with van der Waals surface area (Å²) in [7, 11) is 1.21. The lowest BCUT2D eigenvalue weighted by Crippen LogP contribution is -2.49. The van der Waals surface area contributed by atoms with Crippen molar-refractivity contribution < 1.29 is 14.5 Å². The van der Waals surface area contributed by atoms with Crippen molar-refractivity contribution in [2.24, 2.45) is 0 Å². The van der Waals surface area contributed by atoms with Gasteiger partial charge in [-0.05, 0) is 19.1 Å². The standard InChI is InChI=1S/C13H17N3O4/c1-9-8-15(6-5-14-9)10-3-4-12(16(18)19)11(7-10)13(17)20-2/h3-4,7,9,14H,5-6,8H2,1-2H3/t9-/m0/s1. The molecule has 1 N–H and O–H groups in total. The molecule has 7 nitrogen and oxygen atoms in total. The minimum Gasteiger partial charge on any atom is -0.465 e. The number of nitro groups is 1. The number of carbonyl (C=O) groups excluding carboxylic acids is 1. The van der Waals surface area contributed by atoms with Gasteiger partial charge in [-0.2, -0.15) is 0 Å². The van der Waals surface area contributed by atoms with Crippen LogP contribution in [0.5, 0.6) is 0 Å². The van der Waals surface area contributed by atoms with Gasteiger partial charge in [-0.15, -0.1) is 0 Å². The number of benzene rings is 1. The Labute approximate surface area is 116 Å². The van der Waals surface area contributed by atoms with Gasteiger partial charge in [-0.25, -0.2) is 4.79 Å². The fourth-order valence-electron chi connectivity index (χ4n) is 2.32. The number of methoxy groups -OCH3 is 1. The summed E-state index contributed by atoms with van der Waals surface area (Å²) in [4.78, 5) is 24.2. The first-order valence-electron chi connectivity index (χ1n) is 6.38. The van der Waals surface area contributed by atoms with Gasteiger partial charge in [0.1, 0.15) is 5.56 Å². The second-order valence-corrected chi connectivity index (χ2v) is 4.75. The quantitative estimate of drug-likeness (QED) is 0.508. The molecule has 20 heavy (non-hydrogen) atoms. The summed E-state index contributed by atoms with van der Waals surface area (Å²) in [6.45, 7) is 4.49. The Bertz CT molecular complexity index is 532. The zero-order chi connectivity index (χ0) is 14.7. The number of nitrogens with one attached hydrogen (secondary N) is 1. The number of nitro benzene ring substituents is 1. The molecular formula is C13H17N3O4. The Balaban J connectivity index is 2.36. The summed E-state index contributed by atoms with van der Waals surface area (Å²) in [6.07, 6.45) is 0. The van der Waals surface area contributed by atoms with Crippen LogP contribution in [-0.4, -0.2) is 43.7 Å². The van der Waals surface area contributed by atoms with Crippen LogP contribution in [0.3, 0.4) is 0 Å². The van der Waals surface area contributed by atoms with Crippen molar-refractivity contribution >= 4 is 17.3 Å². The third-order valence-corrected chi connectivity index (χ3v) is 3.32. The van der Waals surface area contributed by atoms with Gasteiger partial charge in [0.05, 0.1) is 12.0 Å². The first kappa shape index (κ1) is 14.3. The van der Waals surface area contributed by atoms with Crippen LogP contribution in [0.4, 0.5) is 11.4 Å². The SMILES string of the molecule is COC(=O)c1cc(N2CCN[C@@H](C)C2)ccc1[N+](=O)[O-]. The molecule has 0 radical (unpaired) electrons. The Morgan fingerprint density at radius 1 is 1.55 bits per heavy atom. The molecule has 1 aromatic rings. The van der Waals surface area contributed by atoms with Crippen molar-refractivity contribution in [1.82, 2.24) is 5.32 Å². The van der Waals surface area contributed by atoms with Gasteiger partial charge in [-0.1, -0.05) is 0 Å². The van der Waals surface area contributed by atoms with Crippen LogP contribution in [0.1, 0.15) is 17.3 Å². The van der Waals surface area contributed by atoms with E-state index in [0.717, 1.165) is 25.3 Å². The smallest absolute Gasteiger partial charge is 0.344 e. The third-order valence-electron chi connectivity index (χ3n) is 3.32. The highest BCUT2D eigenvalue weighted by Crippen LogP contribution is 2.26. The predicted molar refractivity (Wildman–Crippen MR) is 74.1 cm³/mol. The second kappa shape index (κ2) is 5.87. The van der Waals surface area contributed by atoms with E-state index in [0.29, 0.717) is 6.04 Å². The van der Waals surface area contributed by atoms with Crippen LogP contribution in [0.25, 0.3) is 0 Å². The van der Waals surface area contributed by atoms with E-state index >= 15 is 0 Å². The summed E-state index contributed by atoms with van der Waals surface area (Å²) >= 11 is 0. The highest BCUT2D eigenvalue weighted by Gasteiger charge is 2.24. The number of esters is 1. The maximum atomic E-state index is 11.7. The molecule has 7 heteroatoms. The van der Waals surface area contributed by atoms with Crippen LogP contribution < -0.4 is 10.2 Å². The maximum Gasteiger partial charge on any atom is 0.344 e. The minimum atomic E-state index is -0.693. The lowest BCUT2D eigenvalue weighted by molar-refractivity contribution is -0.385. The zero-order valence-corrected chi connectivity index (χ0v) is 11.5. The molecule has 0 unspecified atom stereocenters. The average molecular weight is 279 g/mol. The van der Waals surface area contributed by atoms with Crippen LogP contribution in [0, 0.1) is 10.1 Å². The summed E-state index contributed by atoms with van der Waals surface area (Å²) < 4.78 is 4.62. The Hall–Kier alpha value is -2.15. The van der Waals surface area contributed by atoms with Crippen LogP contribution in [0.15, 0.2) is 18.2 Å². The molecule has 0 aromatic heterocycles. The normalized spacial score (nSPS) is 18.7. The van der Waals surface area contributed by atoms with Crippen molar-refractivity contribution in [2.45, 2.75) is 13.0 Å². The van der Waals surface area contributed by atoms with E-state index in [2.05, 4.69) is 21.9 Å². The molecule has 1 aliphatic heterocycles. The fourth-order valence-corrected chi connectivity index (χ4v) is 2.32. The van der Waals surface area contributed by atoms with E-state index in [4.69, 9.17) is 0 Å². The minimum absolute atomic E-state index is 0.0128. The summed E-state index contributed by atoms with van der Waals surface area (Å²) in [5, 5.41) is 14.3. The highest BCUT2D eigenvalue weighted by molar-refractivity contribution is 5.95. The third kappa shape index (κ3) is 2.88. The Morgan fingerprint density at radius 3 is 2.90 bits per heavy atom. The average Bonchev–Trinajstić information content (AvgIpc) is 2.45. The van der Waals surface area contributed by atoms with Crippen molar-refractivity contribution in [3.8, 4) is 0 Å². The van der Waals surface area contributed by atoms with Crippen LogP contribution in [0.2, 0.25) is 0 Å². The van der Waals surface area contributed by atoms with E-state index < -0.39 is 10.9 Å². The van der Waals surface area contributed by atoms with Gasteiger partial charge in [0.25, 0.3) is 5.69 Å². The molecule has 0 saturated carbocycles. The number of hydrogen-bond acceptors (Lipinski definition) is 6. The van der Waals surface area contributed by atoms with E-state index in [1.807, 2.05) is 0 Å². The van der Waals surface area contributed by atoms with Gasteiger partial charge in [0.2, 0.25) is 0 Å². The number of piperazine rings is 1. The molecule has 1 aromatic carbocycles. The van der Waals surface area contributed by atoms with Gasteiger partial charge < -0.3 is 15.0 Å². The van der Waals surface area contributed by atoms with Crippen molar-refractivity contribution in [2.75, 3.05) is 31.6 Å². The van der Waals surface area contributed by atoms with E-state index in [9.17, 15) is 14.9 Å². The molecule has 108 valence electrons. The Morgan fingerprint density at radius 2 is 2.30 bits per heavy atom. The predicted octanol–water partition coefficient (Wildman–Crippen LogP) is 1.18. The molecule has 1 atom stereocenters. The van der Waals surface area contributed by atoms with Gasteiger partial charge in [0, 0.05) is 37.4 Å². The summed E-state index contributed by atoms with van der Waals surface area (Å²) in [5.41, 5.74) is 0.550. The van der Waals surface area contributed by atoms with E-state index in [1.54, 1.807) is 6.07 Å². The molecule has 1 aliphatic rings. The maximum absolute atomic E-state index is 11.7.